The minimum absolute atomic E-state index is 0.100. The molecule has 0 saturated carbocycles. The second kappa shape index (κ2) is 8.78. The van der Waals surface area contributed by atoms with Gasteiger partial charge >= 0.3 is 0 Å². The minimum Gasteiger partial charge on any atom is -0.482 e. The third kappa shape index (κ3) is 4.33. The lowest BCUT2D eigenvalue weighted by molar-refractivity contribution is 0.0806. The van der Waals surface area contributed by atoms with Crippen LogP contribution in [0, 0.1) is 13.8 Å². The highest BCUT2D eigenvalue weighted by atomic mass is 16.5. The van der Waals surface area contributed by atoms with Crippen molar-refractivity contribution in [3.05, 3.63) is 82.7 Å². The minimum atomic E-state index is -0.854. The molecule has 0 aliphatic heterocycles. The van der Waals surface area contributed by atoms with Crippen molar-refractivity contribution < 1.29 is 19.1 Å². The smallest absolute Gasteiger partial charge is 0.259 e. The summed E-state index contributed by atoms with van der Waals surface area (Å²) in [5, 5.41) is 2.82. The summed E-state index contributed by atoms with van der Waals surface area (Å²) in [7, 11) is 0. The summed E-state index contributed by atoms with van der Waals surface area (Å²) >= 11 is 0. The van der Waals surface area contributed by atoms with Gasteiger partial charge in [0, 0.05) is 16.9 Å². The average Bonchev–Trinajstić information content (AvgIpc) is 3.02. The molecule has 0 unspecified atom stereocenters. The normalized spacial score (nSPS) is 11.6. The Morgan fingerprint density at radius 3 is 2.23 bits per heavy atom. The summed E-state index contributed by atoms with van der Waals surface area (Å²) in [6.07, 6.45) is -0.854. The molecule has 0 radical (unpaired) electrons. The van der Waals surface area contributed by atoms with E-state index in [1.165, 1.54) is 6.92 Å². The first-order chi connectivity index (χ1) is 14.3. The fourth-order valence-corrected chi connectivity index (χ4v) is 3.45. The molecule has 3 rings (SSSR count). The van der Waals surface area contributed by atoms with Crippen molar-refractivity contribution in [1.29, 1.82) is 0 Å². The summed E-state index contributed by atoms with van der Waals surface area (Å²) in [4.78, 5) is 40.5. The predicted molar refractivity (Wildman–Crippen MR) is 116 cm³/mol. The zero-order chi connectivity index (χ0) is 21.8. The number of para-hydroxylation sites is 2. The van der Waals surface area contributed by atoms with Crippen LogP contribution in [0.1, 0.15) is 56.3 Å². The molecule has 154 valence electrons. The van der Waals surface area contributed by atoms with Gasteiger partial charge in [0.2, 0.25) is 5.78 Å². The van der Waals surface area contributed by atoms with Crippen LogP contribution in [0.25, 0.3) is 0 Å². The highest BCUT2D eigenvalue weighted by Gasteiger charge is 2.26. The maximum atomic E-state index is 13.0. The van der Waals surface area contributed by atoms with Crippen molar-refractivity contribution in [2.75, 3.05) is 5.32 Å². The second-order valence-electron chi connectivity index (χ2n) is 7.12. The van der Waals surface area contributed by atoms with Crippen LogP contribution in [0.4, 0.5) is 5.69 Å². The highest BCUT2D eigenvalue weighted by molar-refractivity contribution is 6.07. The molecule has 0 aliphatic carbocycles. The number of carbonyl (C=O) groups excluding carboxylic acids is 3. The van der Waals surface area contributed by atoms with Gasteiger partial charge in [-0.05, 0) is 57.5 Å². The van der Waals surface area contributed by atoms with E-state index < -0.39 is 6.10 Å². The van der Waals surface area contributed by atoms with E-state index in [1.807, 2.05) is 18.2 Å². The third-order valence-corrected chi connectivity index (χ3v) is 4.87. The lowest BCUT2D eigenvalue weighted by Gasteiger charge is -2.16. The molecule has 0 bridgehead atoms. The Hall–Kier alpha value is -3.67. The van der Waals surface area contributed by atoms with E-state index in [1.54, 1.807) is 57.2 Å². The average molecular weight is 404 g/mol. The summed E-state index contributed by atoms with van der Waals surface area (Å²) in [5.74, 6) is -0.417. The van der Waals surface area contributed by atoms with E-state index in [4.69, 9.17) is 4.74 Å². The highest BCUT2D eigenvalue weighted by Crippen LogP contribution is 2.24. The van der Waals surface area contributed by atoms with E-state index in [2.05, 4.69) is 10.3 Å². The third-order valence-electron chi connectivity index (χ3n) is 4.87. The van der Waals surface area contributed by atoms with Crippen molar-refractivity contribution >= 4 is 23.2 Å². The molecule has 6 nitrogen and oxygen atoms in total. The molecule has 0 spiro atoms. The van der Waals surface area contributed by atoms with Gasteiger partial charge in [-0.25, -0.2) is 0 Å². The molecular weight excluding hydrogens is 380 g/mol. The number of benzene rings is 2. The molecule has 0 aliphatic rings. The number of aromatic amines is 1. The molecule has 30 heavy (non-hydrogen) atoms. The lowest BCUT2D eigenvalue weighted by Crippen LogP contribution is -2.26. The number of ether oxygens (including phenoxy) is 1. The van der Waals surface area contributed by atoms with E-state index >= 15 is 0 Å². The summed E-state index contributed by atoms with van der Waals surface area (Å²) in [6, 6.07) is 15.9. The Labute approximate surface area is 175 Å². The van der Waals surface area contributed by atoms with Crippen molar-refractivity contribution in [2.24, 2.45) is 0 Å². The fourth-order valence-electron chi connectivity index (χ4n) is 3.45. The number of nitrogens with one attached hydrogen (secondary N) is 2. The molecule has 2 N–H and O–H groups in total. The number of aromatic nitrogens is 1. The number of rotatable bonds is 7. The van der Waals surface area contributed by atoms with Crippen LogP contribution in [0.5, 0.6) is 5.75 Å². The number of H-pyrrole nitrogens is 1. The Morgan fingerprint density at radius 2 is 1.60 bits per heavy atom. The van der Waals surface area contributed by atoms with Crippen LogP contribution in [0.3, 0.4) is 0 Å². The van der Waals surface area contributed by atoms with Crippen molar-refractivity contribution in [3.8, 4) is 5.75 Å². The van der Waals surface area contributed by atoms with Gasteiger partial charge in [-0.2, -0.15) is 0 Å². The monoisotopic (exact) mass is 404 g/mol. The molecule has 1 heterocycles. The number of amides is 1. The number of aryl methyl sites for hydroxylation is 1. The number of carbonyl (C=O) groups is 3. The van der Waals surface area contributed by atoms with Gasteiger partial charge in [0.15, 0.2) is 11.9 Å². The molecule has 0 saturated heterocycles. The van der Waals surface area contributed by atoms with Gasteiger partial charge in [0.05, 0.1) is 11.3 Å². The molecule has 1 atom stereocenters. The second-order valence-corrected chi connectivity index (χ2v) is 7.12. The largest absolute Gasteiger partial charge is 0.482 e. The van der Waals surface area contributed by atoms with Gasteiger partial charge in [-0.3, -0.25) is 14.4 Å². The Kier molecular flexibility index (Phi) is 6.16. The molecule has 1 amide bonds. The van der Waals surface area contributed by atoms with E-state index in [-0.39, 0.29) is 17.5 Å². The Morgan fingerprint density at radius 1 is 0.967 bits per heavy atom. The van der Waals surface area contributed by atoms with Gasteiger partial charge in [0.25, 0.3) is 5.91 Å². The number of Topliss-reactive ketones (excluding diaryl/α,β-unsaturated/α-hetero) is 2. The summed E-state index contributed by atoms with van der Waals surface area (Å²) < 4.78 is 5.87. The van der Waals surface area contributed by atoms with Crippen LogP contribution in [0.2, 0.25) is 0 Å². The fraction of sp³-hybridized carbons (Fsp3) is 0.208. The topological polar surface area (TPSA) is 88.3 Å². The number of anilines is 1. The molecule has 3 aromatic rings. The van der Waals surface area contributed by atoms with Crippen molar-refractivity contribution in [1.82, 2.24) is 4.98 Å². The molecule has 2 aromatic carbocycles. The zero-order valence-electron chi connectivity index (χ0n) is 17.4. The van der Waals surface area contributed by atoms with E-state index in [0.717, 1.165) is 0 Å². The lowest BCUT2D eigenvalue weighted by atomic mass is 10.0. The summed E-state index contributed by atoms with van der Waals surface area (Å²) in [5.41, 5.74) is 3.11. The van der Waals surface area contributed by atoms with Gasteiger partial charge in [0.1, 0.15) is 5.75 Å². The van der Waals surface area contributed by atoms with Crippen molar-refractivity contribution in [3.63, 3.8) is 0 Å². The Balaban J connectivity index is 1.81. The van der Waals surface area contributed by atoms with E-state index in [0.29, 0.717) is 39.5 Å². The molecular formula is C24H24N2O4. The quantitative estimate of drug-likeness (QED) is 0.557. The van der Waals surface area contributed by atoms with Gasteiger partial charge in [-0.15, -0.1) is 0 Å². The first-order valence-electron chi connectivity index (χ1n) is 9.66. The molecule has 6 heteroatoms. The SMILES string of the molecule is CC(=O)c1c(C)[nH]c(C(=O)[C@@H](C)Oc2ccccc2C(=O)Nc2ccccc2)c1C. The van der Waals surface area contributed by atoms with Crippen LogP contribution >= 0.6 is 0 Å². The van der Waals surface area contributed by atoms with E-state index in [9.17, 15) is 14.4 Å². The Bertz CT molecular complexity index is 1100. The molecule has 1 aromatic heterocycles. The number of hydrogen-bond donors (Lipinski definition) is 2. The number of ketones is 2. The standard InChI is InChI=1S/C24H24N2O4/c1-14-21(16(3)27)15(2)25-22(14)23(28)17(4)30-20-13-9-8-12-19(20)24(29)26-18-10-6-5-7-11-18/h5-13,17,25H,1-4H3,(H,26,29)/t17-/m1/s1. The van der Waals surface area contributed by atoms with Crippen LogP contribution in [-0.2, 0) is 0 Å². The van der Waals surface area contributed by atoms with Crippen molar-refractivity contribution in [2.45, 2.75) is 33.8 Å². The van der Waals surface area contributed by atoms with Crippen LogP contribution in [-0.4, -0.2) is 28.6 Å². The number of hydrogen-bond acceptors (Lipinski definition) is 4. The maximum Gasteiger partial charge on any atom is 0.259 e. The van der Waals surface area contributed by atoms with Crippen LogP contribution < -0.4 is 10.1 Å². The summed E-state index contributed by atoms with van der Waals surface area (Å²) in [6.45, 7) is 6.59. The first kappa shape index (κ1) is 21.0. The van der Waals surface area contributed by atoms with Gasteiger partial charge in [-0.1, -0.05) is 30.3 Å². The maximum absolute atomic E-state index is 13.0. The van der Waals surface area contributed by atoms with Crippen LogP contribution in [0.15, 0.2) is 54.6 Å². The predicted octanol–water partition coefficient (Wildman–Crippen LogP) is 4.74. The first-order valence-corrected chi connectivity index (χ1v) is 9.66. The zero-order valence-corrected chi connectivity index (χ0v) is 17.4. The molecule has 0 fully saturated rings. The van der Waals surface area contributed by atoms with Gasteiger partial charge < -0.3 is 15.0 Å².